The van der Waals surface area contributed by atoms with Gasteiger partial charge in [-0.1, -0.05) is 51.3 Å². The molecule has 314 valence electrons. The van der Waals surface area contributed by atoms with E-state index in [1.807, 2.05) is 26.8 Å². The number of aliphatic hydroxyl groups excluding tert-OH is 1. The summed E-state index contributed by atoms with van der Waals surface area (Å²) in [5.41, 5.74) is 1.94. The predicted octanol–water partition coefficient (Wildman–Crippen LogP) is 6.12. The lowest BCUT2D eigenvalue weighted by Crippen LogP contribution is -2.57. The van der Waals surface area contributed by atoms with E-state index in [1.54, 1.807) is 21.1 Å². The second-order valence-electron chi connectivity index (χ2n) is 16.8. The Morgan fingerprint density at radius 3 is 2.40 bits per heavy atom. The molecule has 0 radical (unpaired) electrons. The number of thiol groups is 1. The number of esters is 1. The van der Waals surface area contributed by atoms with E-state index in [-0.39, 0.29) is 54.5 Å². The van der Waals surface area contributed by atoms with Gasteiger partial charge >= 0.3 is 5.97 Å². The Labute approximate surface area is 335 Å². The molecule has 0 spiro atoms. The van der Waals surface area contributed by atoms with Gasteiger partial charge in [0.25, 0.3) is 5.78 Å². The minimum atomic E-state index is -2.16. The van der Waals surface area contributed by atoms with E-state index in [9.17, 15) is 29.4 Å². The van der Waals surface area contributed by atoms with Crippen LogP contribution >= 0.6 is 12.6 Å². The maximum Gasteiger partial charge on any atom is 0.323 e. The largest absolute Gasteiger partial charge is 0.456 e. The fraction of sp³-hybridized carbons (Fsp3) is 0.814. The third-order valence-corrected chi connectivity index (χ3v) is 12.5. The second kappa shape index (κ2) is 23.5. The molecule has 0 aromatic heterocycles. The van der Waals surface area contributed by atoms with Crippen molar-refractivity contribution in [3.63, 3.8) is 0 Å². The number of carbonyl (C=O) groups excluding carboxylic acids is 4. The van der Waals surface area contributed by atoms with Crippen LogP contribution in [0.15, 0.2) is 23.3 Å². The minimum absolute atomic E-state index is 0.0594. The monoisotopic (exact) mass is 793 g/mol. The number of methoxy groups -OCH3 is 2. The van der Waals surface area contributed by atoms with Crippen LogP contribution in [0.25, 0.3) is 0 Å². The first-order valence-electron chi connectivity index (χ1n) is 20.7. The average Bonchev–Trinajstić information content (AvgIpc) is 3.18. The quantitative estimate of drug-likeness (QED) is 0.0329. The molecule has 11 nitrogen and oxygen atoms in total. The SMILES string of the molecule is COC1C[C@@H](C)C(O)(C(=O)C=O)OC1CCC(C)C/C(C)=C/[C@@H](CCCS)C(=O)CC(O)C(C)[C@H](OC(=O)C1CCCCN1)/C(C)=C/[C@@H]1CCC[C@H](OC)C1. The van der Waals surface area contributed by atoms with Crippen LogP contribution in [0.5, 0.6) is 0 Å². The van der Waals surface area contributed by atoms with Crippen LogP contribution in [-0.4, -0.2) is 103 Å². The molecule has 2 aliphatic heterocycles. The summed E-state index contributed by atoms with van der Waals surface area (Å²) >= 11 is 4.40. The maximum absolute atomic E-state index is 13.9. The zero-order valence-electron chi connectivity index (χ0n) is 34.5. The Hall–Kier alpha value is -1.93. The number of ketones is 2. The molecule has 3 fully saturated rings. The molecule has 3 aliphatic rings. The summed E-state index contributed by atoms with van der Waals surface area (Å²) in [6.07, 6.45) is 12.3. The summed E-state index contributed by atoms with van der Waals surface area (Å²) in [6, 6.07) is -0.376. The van der Waals surface area contributed by atoms with Gasteiger partial charge in [0.15, 0.2) is 6.29 Å². The molecule has 0 amide bonds. The van der Waals surface area contributed by atoms with Crippen LogP contribution < -0.4 is 5.32 Å². The molecule has 1 aliphatic carbocycles. The van der Waals surface area contributed by atoms with Crippen molar-refractivity contribution in [1.29, 1.82) is 0 Å². The van der Waals surface area contributed by atoms with Crippen molar-refractivity contribution in [2.45, 2.75) is 167 Å². The standard InChI is InChI=1S/C43H71NO10S/c1-27(16-17-38-39(52-7)23-30(4)43(50,54-38)40(48)26-45)20-28(2)21-33(13-11-19-55)37(47)25-36(46)31(5)41(53-42(49)35-15-8-9-18-44-35)29(3)22-32-12-10-14-34(24-32)51-6/h21-22,26-27,30-36,38-39,41,44,46,50,55H,8-20,23-25H2,1-7H3/b28-21+,29-22+/t27?,30-,31?,32+,33-,34+,35?,36?,38?,39?,41-,43?/m1/s1. The first-order valence-corrected chi connectivity index (χ1v) is 21.4. The van der Waals surface area contributed by atoms with Crippen molar-refractivity contribution >= 4 is 36.5 Å². The summed E-state index contributed by atoms with van der Waals surface area (Å²) in [5.74, 6) is -3.90. The zero-order valence-corrected chi connectivity index (χ0v) is 35.4. The lowest BCUT2D eigenvalue weighted by Gasteiger charge is -2.43. The highest BCUT2D eigenvalue weighted by Gasteiger charge is 2.50. The first kappa shape index (κ1) is 47.4. The number of allylic oxidation sites excluding steroid dienone is 3. The van der Waals surface area contributed by atoms with Gasteiger partial charge in [0.2, 0.25) is 5.79 Å². The van der Waals surface area contributed by atoms with Gasteiger partial charge in [-0.15, -0.1) is 0 Å². The fourth-order valence-electron chi connectivity index (χ4n) is 8.75. The van der Waals surface area contributed by atoms with E-state index in [2.05, 4.69) is 30.9 Å². The van der Waals surface area contributed by atoms with Crippen LogP contribution in [0.1, 0.15) is 125 Å². The van der Waals surface area contributed by atoms with Gasteiger partial charge < -0.3 is 34.5 Å². The molecular weight excluding hydrogens is 723 g/mol. The van der Waals surface area contributed by atoms with Crippen molar-refractivity contribution in [3.05, 3.63) is 23.3 Å². The van der Waals surface area contributed by atoms with Crippen LogP contribution in [0.3, 0.4) is 0 Å². The maximum atomic E-state index is 13.9. The zero-order chi connectivity index (χ0) is 40.7. The average molecular weight is 794 g/mol. The van der Waals surface area contributed by atoms with Crippen LogP contribution in [0.2, 0.25) is 0 Å². The Morgan fingerprint density at radius 1 is 1.02 bits per heavy atom. The molecule has 3 N–H and O–H groups in total. The molecule has 0 bridgehead atoms. The summed E-state index contributed by atoms with van der Waals surface area (Å²) in [5, 5.41) is 25.8. The van der Waals surface area contributed by atoms with E-state index in [4.69, 9.17) is 18.9 Å². The topological polar surface area (TPSA) is 158 Å². The normalized spacial score (nSPS) is 30.8. The molecule has 0 aromatic carbocycles. The number of carbonyl (C=O) groups is 4. The van der Waals surface area contributed by atoms with Gasteiger partial charge in [-0.3, -0.25) is 19.2 Å². The van der Waals surface area contributed by atoms with E-state index in [0.717, 1.165) is 62.6 Å². The third kappa shape index (κ3) is 14.1. The van der Waals surface area contributed by atoms with Crippen molar-refractivity contribution < 1.29 is 48.3 Å². The number of nitrogens with one attached hydrogen (secondary N) is 1. The molecule has 3 rings (SSSR count). The smallest absolute Gasteiger partial charge is 0.323 e. The number of aldehydes is 1. The van der Waals surface area contributed by atoms with E-state index >= 15 is 0 Å². The number of Topliss-reactive ketones (excluding diaryl/α,β-unsaturated/α-hetero) is 2. The van der Waals surface area contributed by atoms with Gasteiger partial charge in [-0.2, -0.15) is 12.6 Å². The van der Waals surface area contributed by atoms with Crippen molar-refractivity contribution in [2.24, 2.45) is 29.6 Å². The molecule has 2 saturated heterocycles. The van der Waals surface area contributed by atoms with Gasteiger partial charge in [0.05, 0.1) is 24.4 Å². The Balaban J connectivity index is 1.69. The lowest BCUT2D eigenvalue weighted by atomic mass is 9.82. The van der Waals surface area contributed by atoms with Crippen LogP contribution in [0, 0.1) is 29.6 Å². The van der Waals surface area contributed by atoms with Gasteiger partial charge in [-0.05, 0) is 114 Å². The first-order chi connectivity index (χ1) is 26.2. The number of ether oxygens (including phenoxy) is 4. The molecule has 12 heteroatoms. The number of aliphatic hydroxyl groups is 2. The van der Waals surface area contributed by atoms with Gasteiger partial charge in [0, 0.05) is 38.4 Å². The number of hydrogen-bond donors (Lipinski definition) is 4. The Kier molecular flexibility index (Phi) is 20.2. The molecule has 0 aromatic rings. The van der Waals surface area contributed by atoms with Crippen molar-refractivity contribution in [1.82, 2.24) is 5.32 Å². The molecule has 7 unspecified atom stereocenters. The van der Waals surface area contributed by atoms with Gasteiger partial charge in [-0.25, -0.2) is 0 Å². The van der Waals surface area contributed by atoms with Crippen LogP contribution in [-0.2, 0) is 38.1 Å². The van der Waals surface area contributed by atoms with E-state index in [1.165, 1.54) is 0 Å². The summed E-state index contributed by atoms with van der Waals surface area (Å²) in [7, 11) is 3.32. The van der Waals surface area contributed by atoms with Crippen molar-refractivity contribution in [3.8, 4) is 0 Å². The van der Waals surface area contributed by atoms with Crippen molar-refractivity contribution in [2.75, 3.05) is 26.5 Å². The summed E-state index contributed by atoms with van der Waals surface area (Å²) in [6.45, 7) is 10.4. The molecule has 1 saturated carbocycles. The highest BCUT2D eigenvalue weighted by molar-refractivity contribution is 7.80. The Morgan fingerprint density at radius 2 is 1.76 bits per heavy atom. The highest BCUT2D eigenvalue weighted by atomic mass is 32.1. The van der Waals surface area contributed by atoms with Crippen LogP contribution in [0.4, 0.5) is 0 Å². The van der Waals surface area contributed by atoms with E-state index in [0.29, 0.717) is 44.3 Å². The highest BCUT2D eigenvalue weighted by Crippen LogP contribution is 2.37. The minimum Gasteiger partial charge on any atom is -0.456 e. The summed E-state index contributed by atoms with van der Waals surface area (Å²) in [4.78, 5) is 50.8. The fourth-order valence-corrected chi connectivity index (χ4v) is 8.94. The summed E-state index contributed by atoms with van der Waals surface area (Å²) < 4.78 is 23.3. The second-order valence-corrected chi connectivity index (χ2v) is 17.2. The lowest BCUT2D eigenvalue weighted by molar-refractivity contribution is -0.285. The number of hydrogen-bond acceptors (Lipinski definition) is 12. The molecular formula is C43H71NO10S. The Bertz CT molecular complexity index is 1300. The number of rotatable bonds is 22. The molecule has 2 heterocycles. The third-order valence-electron chi connectivity index (χ3n) is 12.2. The number of piperidine rings is 1. The van der Waals surface area contributed by atoms with Gasteiger partial charge in [0.1, 0.15) is 17.9 Å². The van der Waals surface area contributed by atoms with E-state index < -0.39 is 47.6 Å². The predicted molar refractivity (Wildman–Crippen MR) is 216 cm³/mol. The molecule has 55 heavy (non-hydrogen) atoms. The molecule has 12 atom stereocenters.